The Kier molecular flexibility index (Phi) is 8.35. The van der Waals surface area contributed by atoms with Crippen molar-refractivity contribution in [2.24, 2.45) is 0 Å². The van der Waals surface area contributed by atoms with Crippen LogP contribution in [0.4, 0.5) is 0 Å². The first kappa shape index (κ1) is 18.7. The van der Waals surface area contributed by atoms with Crippen molar-refractivity contribution in [3.63, 3.8) is 0 Å². The highest BCUT2D eigenvalue weighted by Crippen LogP contribution is 2.34. The summed E-state index contributed by atoms with van der Waals surface area (Å²) in [5.41, 5.74) is 1.23. The maximum absolute atomic E-state index is 6.20. The molecule has 1 atom stereocenters. The number of rotatable bonds is 10. The summed E-state index contributed by atoms with van der Waals surface area (Å²) in [4.78, 5) is 4.14. The van der Waals surface area contributed by atoms with Crippen LogP contribution in [0.3, 0.4) is 0 Å². The van der Waals surface area contributed by atoms with Crippen molar-refractivity contribution in [3.8, 4) is 0 Å². The molecule has 126 valence electrons. The molecule has 0 aliphatic heterocycles. The van der Waals surface area contributed by atoms with Gasteiger partial charge in [-0.2, -0.15) is 11.8 Å². The summed E-state index contributed by atoms with van der Waals surface area (Å²) in [6.07, 6.45) is 12.3. The van der Waals surface area contributed by atoms with E-state index in [9.17, 15) is 0 Å². The molecule has 0 aliphatic rings. The van der Waals surface area contributed by atoms with Crippen LogP contribution in [0.2, 0.25) is 10.0 Å². The quantitative estimate of drug-likeness (QED) is 0.436. The average Bonchev–Trinajstić information content (AvgIpc) is 3.05. The predicted molar refractivity (Wildman–Crippen MR) is 103 cm³/mol. The molecule has 0 N–H and O–H groups in total. The number of hydrogen-bond donors (Lipinski definition) is 0. The molecular weight excluding hydrogens is 347 g/mol. The number of hydrogen-bond acceptors (Lipinski definition) is 2. The van der Waals surface area contributed by atoms with Crippen molar-refractivity contribution in [2.45, 2.75) is 50.8 Å². The normalized spacial score (nSPS) is 12.5. The van der Waals surface area contributed by atoms with Crippen LogP contribution in [-0.2, 0) is 6.54 Å². The third-order valence-corrected chi connectivity index (χ3v) is 5.91. The Hall–Kier alpha value is -0.640. The van der Waals surface area contributed by atoms with Crippen molar-refractivity contribution in [1.82, 2.24) is 9.55 Å². The van der Waals surface area contributed by atoms with E-state index in [1.807, 2.05) is 42.6 Å². The highest BCUT2D eigenvalue weighted by Gasteiger charge is 2.14. The molecule has 2 nitrogen and oxygen atoms in total. The molecule has 2 rings (SSSR count). The minimum absolute atomic E-state index is 0.366. The van der Waals surface area contributed by atoms with Gasteiger partial charge in [0, 0.05) is 24.2 Å². The summed E-state index contributed by atoms with van der Waals surface area (Å²) < 4.78 is 2.12. The number of thioether (sulfide) groups is 1. The van der Waals surface area contributed by atoms with Crippen LogP contribution >= 0.6 is 35.0 Å². The van der Waals surface area contributed by atoms with Gasteiger partial charge in [0.05, 0.1) is 16.4 Å². The van der Waals surface area contributed by atoms with Crippen molar-refractivity contribution in [2.75, 3.05) is 5.75 Å². The topological polar surface area (TPSA) is 17.8 Å². The third kappa shape index (κ3) is 6.40. The van der Waals surface area contributed by atoms with Crippen LogP contribution in [-0.4, -0.2) is 15.3 Å². The second-order valence-electron chi connectivity index (χ2n) is 5.71. The van der Waals surface area contributed by atoms with Gasteiger partial charge in [0.25, 0.3) is 0 Å². The number of nitrogens with zero attached hydrogens (tertiary/aromatic N) is 2. The standard InChI is InChI=1S/C18H24Cl2N2S/c1-2-3-4-5-6-11-23-18(13-22-10-9-21-14-22)15-7-8-16(19)17(20)12-15/h7-10,12,14,18H,2-6,11,13H2,1H3. The summed E-state index contributed by atoms with van der Waals surface area (Å²) in [5.74, 6) is 1.17. The molecule has 5 heteroatoms. The van der Waals surface area contributed by atoms with Gasteiger partial charge in [0.15, 0.2) is 0 Å². The molecule has 0 bridgehead atoms. The minimum atomic E-state index is 0.366. The molecule has 1 heterocycles. The van der Waals surface area contributed by atoms with Crippen LogP contribution in [0.1, 0.15) is 49.8 Å². The molecule has 0 saturated carbocycles. The van der Waals surface area contributed by atoms with Crippen molar-refractivity contribution < 1.29 is 0 Å². The average molecular weight is 371 g/mol. The Labute approximate surface area is 153 Å². The molecule has 2 aromatic rings. The zero-order valence-corrected chi connectivity index (χ0v) is 15.9. The summed E-state index contributed by atoms with van der Waals surface area (Å²) >= 11 is 14.2. The van der Waals surface area contributed by atoms with E-state index in [4.69, 9.17) is 23.2 Å². The molecule has 23 heavy (non-hydrogen) atoms. The van der Waals surface area contributed by atoms with Gasteiger partial charge in [0.1, 0.15) is 0 Å². The Morgan fingerprint density at radius 3 is 2.65 bits per heavy atom. The zero-order valence-electron chi connectivity index (χ0n) is 13.5. The largest absolute Gasteiger partial charge is 0.336 e. The van der Waals surface area contributed by atoms with E-state index < -0.39 is 0 Å². The van der Waals surface area contributed by atoms with Gasteiger partial charge in [-0.1, -0.05) is 61.9 Å². The molecule has 0 amide bonds. The second kappa shape index (κ2) is 10.3. The molecule has 0 spiro atoms. The van der Waals surface area contributed by atoms with Crippen LogP contribution in [0.25, 0.3) is 0 Å². The summed E-state index contributed by atoms with van der Waals surface area (Å²) in [5, 5.41) is 1.61. The molecule has 1 aromatic heterocycles. The minimum Gasteiger partial charge on any atom is -0.336 e. The fourth-order valence-electron chi connectivity index (χ4n) is 2.48. The van der Waals surface area contributed by atoms with Gasteiger partial charge >= 0.3 is 0 Å². The smallest absolute Gasteiger partial charge is 0.0946 e. The Morgan fingerprint density at radius 1 is 1.13 bits per heavy atom. The highest BCUT2D eigenvalue weighted by molar-refractivity contribution is 7.99. The van der Waals surface area contributed by atoms with Gasteiger partial charge in [-0.3, -0.25) is 0 Å². The van der Waals surface area contributed by atoms with Crippen molar-refractivity contribution >= 4 is 35.0 Å². The van der Waals surface area contributed by atoms with E-state index in [1.54, 1.807) is 0 Å². The van der Waals surface area contributed by atoms with E-state index >= 15 is 0 Å². The first-order valence-corrected chi connectivity index (χ1v) is 10.0. The first-order chi connectivity index (χ1) is 11.2. The van der Waals surface area contributed by atoms with Gasteiger partial charge in [-0.05, 0) is 29.9 Å². The summed E-state index contributed by atoms with van der Waals surface area (Å²) in [7, 11) is 0. The van der Waals surface area contributed by atoms with E-state index in [1.165, 1.54) is 43.4 Å². The van der Waals surface area contributed by atoms with Gasteiger partial charge in [0.2, 0.25) is 0 Å². The van der Waals surface area contributed by atoms with E-state index in [0.29, 0.717) is 15.3 Å². The van der Waals surface area contributed by atoms with Gasteiger partial charge in [-0.25, -0.2) is 4.98 Å². The maximum atomic E-state index is 6.20. The van der Waals surface area contributed by atoms with E-state index in [2.05, 4.69) is 22.5 Å². The predicted octanol–water partition coefficient (Wildman–Crippen LogP) is 6.63. The highest BCUT2D eigenvalue weighted by atomic mass is 35.5. The van der Waals surface area contributed by atoms with Crippen molar-refractivity contribution in [1.29, 1.82) is 0 Å². The number of halogens is 2. The lowest BCUT2D eigenvalue weighted by atomic mass is 10.1. The zero-order chi connectivity index (χ0) is 16.5. The molecule has 0 saturated heterocycles. The monoisotopic (exact) mass is 370 g/mol. The van der Waals surface area contributed by atoms with Crippen LogP contribution in [0.15, 0.2) is 36.9 Å². The number of benzene rings is 1. The molecule has 0 aliphatic carbocycles. The van der Waals surface area contributed by atoms with Crippen LogP contribution in [0, 0.1) is 0 Å². The third-order valence-electron chi connectivity index (χ3n) is 3.82. The first-order valence-electron chi connectivity index (χ1n) is 8.23. The van der Waals surface area contributed by atoms with Crippen molar-refractivity contribution in [3.05, 3.63) is 52.5 Å². The fraction of sp³-hybridized carbons (Fsp3) is 0.500. The SMILES string of the molecule is CCCCCCCSC(Cn1ccnc1)c1ccc(Cl)c(Cl)c1. The molecule has 0 radical (unpaired) electrons. The van der Waals surface area contributed by atoms with Gasteiger partial charge in [-0.15, -0.1) is 0 Å². The maximum Gasteiger partial charge on any atom is 0.0946 e. The molecule has 1 aromatic carbocycles. The van der Waals surface area contributed by atoms with Crippen LogP contribution < -0.4 is 0 Å². The Bertz CT molecular complexity index is 572. The molecular formula is C18H24Cl2N2S. The summed E-state index contributed by atoms with van der Waals surface area (Å²) in [6, 6.07) is 5.97. The molecule has 0 fully saturated rings. The Balaban J connectivity index is 1.95. The number of imidazole rings is 1. The second-order valence-corrected chi connectivity index (χ2v) is 7.83. The molecule has 1 unspecified atom stereocenters. The lowest BCUT2D eigenvalue weighted by Crippen LogP contribution is -2.06. The number of aromatic nitrogens is 2. The Morgan fingerprint density at radius 2 is 1.96 bits per heavy atom. The van der Waals surface area contributed by atoms with E-state index in [-0.39, 0.29) is 0 Å². The fourth-order valence-corrected chi connectivity index (χ4v) is 4.06. The summed E-state index contributed by atoms with van der Waals surface area (Å²) in [6.45, 7) is 3.15. The van der Waals surface area contributed by atoms with Crippen LogP contribution in [0.5, 0.6) is 0 Å². The lowest BCUT2D eigenvalue weighted by molar-refractivity contribution is 0.655. The van der Waals surface area contributed by atoms with Gasteiger partial charge < -0.3 is 4.57 Å². The lowest BCUT2D eigenvalue weighted by Gasteiger charge is -2.18. The number of unbranched alkanes of at least 4 members (excludes halogenated alkanes) is 4. The van der Waals surface area contributed by atoms with E-state index in [0.717, 1.165) is 6.54 Å².